The molecule has 3 aliphatic rings. The molecule has 3 heterocycles. The lowest BCUT2D eigenvalue weighted by Gasteiger charge is -2.28. The minimum Gasteiger partial charge on any atom is -0.374 e. The molecule has 0 radical (unpaired) electrons. The van der Waals surface area contributed by atoms with Crippen LogP contribution in [0.3, 0.4) is 0 Å². The normalized spacial score (nSPS) is 31.2. The summed E-state index contributed by atoms with van der Waals surface area (Å²) in [6, 6.07) is 2.66. The van der Waals surface area contributed by atoms with Gasteiger partial charge in [-0.3, -0.25) is 0 Å². The highest BCUT2D eigenvalue weighted by Crippen LogP contribution is 2.39. The van der Waals surface area contributed by atoms with Gasteiger partial charge >= 0.3 is 0 Å². The zero-order valence-electron chi connectivity index (χ0n) is 10.1. The quantitative estimate of drug-likeness (QED) is 0.775. The maximum absolute atomic E-state index is 5.64. The number of aromatic nitrogens is 2. The Hall–Kier alpha value is -1.16. The summed E-state index contributed by atoms with van der Waals surface area (Å²) in [6.45, 7) is 3.94. The van der Waals surface area contributed by atoms with E-state index in [0.717, 1.165) is 30.5 Å². The van der Waals surface area contributed by atoms with Gasteiger partial charge in [0.15, 0.2) is 0 Å². The number of aryl methyl sites for hydroxylation is 1. The van der Waals surface area contributed by atoms with E-state index >= 15 is 0 Å². The smallest absolute Gasteiger partial charge is 0.134 e. The first-order chi connectivity index (χ1) is 8.29. The first-order valence-corrected chi connectivity index (χ1v) is 6.53. The minimum absolute atomic E-state index is 0.430. The van der Waals surface area contributed by atoms with Crippen molar-refractivity contribution >= 4 is 5.82 Å². The molecule has 4 rings (SSSR count). The number of rotatable bonds is 2. The Morgan fingerprint density at radius 3 is 2.88 bits per heavy atom. The molecule has 4 nitrogen and oxygen atoms in total. The second-order valence-electron chi connectivity index (χ2n) is 5.50. The number of morpholine rings is 1. The van der Waals surface area contributed by atoms with E-state index in [2.05, 4.69) is 22.9 Å². The molecule has 1 aromatic rings. The van der Waals surface area contributed by atoms with Gasteiger partial charge in [0.05, 0.1) is 18.8 Å². The van der Waals surface area contributed by atoms with Gasteiger partial charge in [0.1, 0.15) is 11.6 Å². The molecule has 2 bridgehead atoms. The van der Waals surface area contributed by atoms with Crippen molar-refractivity contribution in [1.82, 2.24) is 9.97 Å². The summed E-state index contributed by atoms with van der Waals surface area (Å²) in [5.74, 6) is 2.81. The molecule has 0 N–H and O–H groups in total. The van der Waals surface area contributed by atoms with Crippen molar-refractivity contribution in [2.24, 2.45) is 0 Å². The Bertz CT molecular complexity index is 458. The second kappa shape index (κ2) is 3.42. The van der Waals surface area contributed by atoms with Gasteiger partial charge in [0.2, 0.25) is 0 Å². The van der Waals surface area contributed by atoms with Crippen molar-refractivity contribution in [3.05, 3.63) is 17.6 Å². The number of fused-ring (bicyclic) bond motifs is 2. The largest absolute Gasteiger partial charge is 0.374 e. The Morgan fingerprint density at radius 1 is 1.35 bits per heavy atom. The fourth-order valence-corrected chi connectivity index (χ4v) is 2.93. The maximum Gasteiger partial charge on any atom is 0.134 e. The van der Waals surface area contributed by atoms with Crippen LogP contribution in [0, 0.1) is 6.92 Å². The molecule has 90 valence electrons. The van der Waals surface area contributed by atoms with E-state index in [4.69, 9.17) is 9.72 Å². The molecule has 1 aliphatic carbocycles. The number of nitrogens with zero attached hydrogens (tertiary/aromatic N) is 3. The topological polar surface area (TPSA) is 38.2 Å². The van der Waals surface area contributed by atoms with Gasteiger partial charge in [-0.15, -0.1) is 0 Å². The molecule has 2 atom stereocenters. The van der Waals surface area contributed by atoms with E-state index in [1.807, 2.05) is 0 Å². The zero-order chi connectivity index (χ0) is 11.4. The van der Waals surface area contributed by atoms with Crippen molar-refractivity contribution in [1.29, 1.82) is 0 Å². The van der Waals surface area contributed by atoms with Crippen LogP contribution in [0.2, 0.25) is 0 Å². The number of hydrogen-bond donors (Lipinski definition) is 0. The fourth-order valence-electron chi connectivity index (χ4n) is 2.93. The molecule has 3 fully saturated rings. The van der Waals surface area contributed by atoms with Crippen LogP contribution in [0.5, 0.6) is 0 Å². The van der Waals surface area contributed by atoms with Crippen molar-refractivity contribution in [3.8, 4) is 0 Å². The number of anilines is 1. The van der Waals surface area contributed by atoms with Gasteiger partial charge in [-0.2, -0.15) is 0 Å². The van der Waals surface area contributed by atoms with Crippen LogP contribution in [-0.2, 0) is 4.74 Å². The average Bonchev–Trinajstić information content (AvgIpc) is 2.97. The highest BCUT2D eigenvalue weighted by atomic mass is 16.5. The van der Waals surface area contributed by atoms with E-state index in [1.165, 1.54) is 19.3 Å². The summed E-state index contributed by atoms with van der Waals surface area (Å²) in [4.78, 5) is 11.7. The molecule has 1 aromatic heterocycles. The molecule has 0 aromatic carbocycles. The molecule has 2 aliphatic heterocycles. The Balaban J connectivity index is 1.68. The van der Waals surface area contributed by atoms with Crippen LogP contribution in [-0.4, -0.2) is 35.3 Å². The minimum atomic E-state index is 0.430. The van der Waals surface area contributed by atoms with Crippen molar-refractivity contribution in [3.63, 3.8) is 0 Å². The van der Waals surface area contributed by atoms with Crippen LogP contribution >= 0.6 is 0 Å². The van der Waals surface area contributed by atoms with Crippen LogP contribution in [0.1, 0.15) is 36.7 Å². The average molecular weight is 231 g/mol. The summed E-state index contributed by atoms with van der Waals surface area (Å²) < 4.78 is 5.64. The summed E-state index contributed by atoms with van der Waals surface area (Å²) >= 11 is 0. The van der Waals surface area contributed by atoms with Crippen LogP contribution in [0.25, 0.3) is 0 Å². The van der Waals surface area contributed by atoms with Gasteiger partial charge in [0.25, 0.3) is 0 Å². The zero-order valence-corrected chi connectivity index (χ0v) is 10.1. The standard InChI is InChI=1S/C13H17N3O/c1-8-4-12(15-13(14-8)9-2-3-9)16-6-11-5-10(16)7-17-11/h4,9-11H,2-3,5-7H2,1H3/t10-,11+/m0/s1. The summed E-state index contributed by atoms with van der Waals surface area (Å²) in [5.41, 5.74) is 1.10. The molecule has 0 amide bonds. The van der Waals surface area contributed by atoms with Gasteiger partial charge in [-0.25, -0.2) is 9.97 Å². The fraction of sp³-hybridized carbons (Fsp3) is 0.692. The first-order valence-electron chi connectivity index (χ1n) is 6.53. The first kappa shape index (κ1) is 9.83. The van der Waals surface area contributed by atoms with Gasteiger partial charge in [-0.05, 0) is 26.2 Å². The predicted octanol–water partition coefficient (Wildman–Crippen LogP) is 1.64. The van der Waals surface area contributed by atoms with E-state index in [-0.39, 0.29) is 0 Å². The molecule has 0 unspecified atom stereocenters. The van der Waals surface area contributed by atoms with Crippen LogP contribution in [0.4, 0.5) is 5.82 Å². The molecule has 2 saturated heterocycles. The maximum atomic E-state index is 5.64. The highest BCUT2D eigenvalue weighted by molar-refractivity contribution is 5.44. The summed E-state index contributed by atoms with van der Waals surface area (Å²) in [6.07, 6.45) is 4.12. The van der Waals surface area contributed by atoms with Gasteiger partial charge in [-0.1, -0.05) is 0 Å². The van der Waals surface area contributed by atoms with Gasteiger partial charge in [0, 0.05) is 24.2 Å². The number of hydrogen-bond acceptors (Lipinski definition) is 4. The predicted molar refractivity (Wildman–Crippen MR) is 64.2 cm³/mol. The monoisotopic (exact) mass is 231 g/mol. The third kappa shape index (κ3) is 1.62. The van der Waals surface area contributed by atoms with E-state index < -0.39 is 0 Å². The number of ether oxygens (including phenoxy) is 1. The van der Waals surface area contributed by atoms with E-state index in [9.17, 15) is 0 Å². The summed E-state index contributed by atoms with van der Waals surface area (Å²) in [7, 11) is 0. The lowest BCUT2D eigenvalue weighted by Crippen LogP contribution is -2.37. The van der Waals surface area contributed by atoms with Gasteiger partial charge < -0.3 is 9.64 Å². The molecular formula is C13H17N3O. The summed E-state index contributed by atoms with van der Waals surface area (Å²) in [5, 5.41) is 0. The van der Waals surface area contributed by atoms with E-state index in [1.54, 1.807) is 0 Å². The molecule has 17 heavy (non-hydrogen) atoms. The molecule has 0 spiro atoms. The van der Waals surface area contributed by atoms with Crippen LogP contribution in [0.15, 0.2) is 6.07 Å². The highest BCUT2D eigenvalue weighted by Gasteiger charge is 2.40. The van der Waals surface area contributed by atoms with Crippen molar-refractivity contribution in [2.75, 3.05) is 18.1 Å². The molecule has 1 saturated carbocycles. The Labute approximate surface area is 101 Å². The van der Waals surface area contributed by atoms with Crippen molar-refractivity contribution in [2.45, 2.75) is 44.2 Å². The van der Waals surface area contributed by atoms with Crippen molar-refractivity contribution < 1.29 is 4.74 Å². The Morgan fingerprint density at radius 2 is 2.24 bits per heavy atom. The SMILES string of the molecule is Cc1cc(N2C[C@H]3C[C@H]2CO3)nc(C2CC2)n1. The molecule has 4 heteroatoms. The van der Waals surface area contributed by atoms with E-state index in [0.29, 0.717) is 18.1 Å². The third-order valence-corrected chi connectivity index (χ3v) is 4.00. The molecular weight excluding hydrogens is 214 g/mol. The second-order valence-corrected chi connectivity index (χ2v) is 5.50. The lowest BCUT2D eigenvalue weighted by molar-refractivity contribution is 0.0988. The Kier molecular flexibility index (Phi) is 1.98. The van der Waals surface area contributed by atoms with Crippen LogP contribution < -0.4 is 4.90 Å². The lowest BCUT2D eigenvalue weighted by atomic mass is 10.2. The third-order valence-electron chi connectivity index (χ3n) is 4.00.